The molecule has 2 aromatic rings. The van der Waals surface area contributed by atoms with Gasteiger partial charge in [-0.15, -0.1) is 5.12 Å². The Balaban J connectivity index is 2.05. The number of pyridine rings is 1. The lowest BCUT2D eigenvalue weighted by Crippen LogP contribution is -2.20. The van der Waals surface area contributed by atoms with Crippen molar-refractivity contribution in [1.29, 1.82) is 0 Å². The lowest BCUT2D eigenvalue weighted by atomic mass is 10.3. The summed E-state index contributed by atoms with van der Waals surface area (Å²) in [6, 6.07) is 1.88. The third kappa shape index (κ3) is 2.24. The predicted octanol–water partition coefficient (Wildman–Crippen LogP) is 1.97. The maximum absolute atomic E-state index is 14.0. The van der Waals surface area contributed by atoms with Crippen LogP contribution >= 0.6 is 0 Å². The molecule has 1 aliphatic rings. The number of anilines is 2. The van der Waals surface area contributed by atoms with Crippen LogP contribution in [0, 0.1) is 0 Å². The van der Waals surface area contributed by atoms with E-state index in [1.54, 1.807) is 17.9 Å². The van der Waals surface area contributed by atoms with Gasteiger partial charge in [0, 0.05) is 32.4 Å². The Morgan fingerprint density at radius 2 is 2.19 bits per heavy atom. The molecule has 1 fully saturated rings. The average molecular weight is 289 g/mol. The molecule has 0 bridgehead atoms. The zero-order chi connectivity index (χ0) is 15.0. The molecule has 0 saturated carbocycles. The van der Waals surface area contributed by atoms with E-state index < -0.39 is 5.91 Å². The van der Waals surface area contributed by atoms with Crippen LogP contribution in [0.15, 0.2) is 24.9 Å². The molecule has 3 rings (SSSR count). The number of aryl methyl sites for hydroxylation is 1. The van der Waals surface area contributed by atoms with E-state index in [1.807, 2.05) is 6.07 Å². The molecule has 0 aromatic carbocycles. The van der Waals surface area contributed by atoms with Crippen molar-refractivity contribution in [2.75, 3.05) is 23.1 Å². The van der Waals surface area contributed by atoms with Gasteiger partial charge in [0.15, 0.2) is 5.82 Å². The van der Waals surface area contributed by atoms with Gasteiger partial charge in [-0.3, -0.25) is 9.48 Å². The van der Waals surface area contributed by atoms with Gasteiger partial charge in [0.1, 0.15) is 5.82 Å². The van der Waals surface area contributed by atoms with Crippen molar-refractivity contribution in [1.82, 2.24) is 14.8 Å². The monoisotopic (exact) mass is 289 g/mol. The number of hydrogen-bond acceptors (Lipinski definition) is 4. The Labute approximate surface area is 121 Å². The summed E-state index contributed by atoms with van der Waals surface area (Å²) in [5, 5.41) is 4.56. The molecular weight excluding hydrogens is 273 g/mol. The van der Waals surface area contributed by atoms with Crippen molar-refractivity contribution in [3.8, 4) is 0 Å². The third-order valence-corrected chi connectivity index (χ3v) is 3.69. The van der Waals surface area contributed by atoms with Crippen molar-refractivity contribution in [2.45, 2.75) is 12.8 Å². The normalized spacial score (nSPS) is 14.7. The van der Waals surface area contributed by atoms with Gasteiger partial charge in [-0.05, 0) is 18.9 Å². The van der Waals surface area contributed by atoms with Gasteiger partial charge >= 0.3 is 0 Å². The second-order valence-electron chi connectivity index (χ2n) is 5.02. The van der Waals surface area contributed by atoms with Crippen molar-refractivity contribution < 1.29 is 9.28 Å². The molecule has 0 unspecified atom stereocenters. The number of rotatable bonds is 3. The van der Waals surface area contributed by atoms with Gasteiger partial charge in [0.25, 0.3) is 5.91 Å². The number of hydrogen-bond donors (Lipinski definition) is 0. The predicted molar refractivity (Wildman–Crippen MR) is 78.7 cm³/mol. The Morgan fingerprint density at radius 1 is 1.48 bits per heavy atom. The zero-order valence-corrected chi connectivity index (χ0v) is 11.8. The molecule has 0 aliphatic carbocycles. The second-order valence-corrected chi connectivity index (χ2v) is 5.02. The summed E-state index contributed by atoms with van der Waals surface area (Å²) in [6.45, 7) is 5.23. The summed E-state index contributed by atoms with van der Waals surface area (Å²) >= 11 is 0. The zero-order valence-electron chi connectivity index (χ0n) is 11.8. The van der Waals surface area contributed by atoms with E-state index in [0.717, 1.165) is 43.3 Å². The molecule has 0 atom stereocenters. The minimum Gasteiger partial charge on any atom is -0.357 e. The molecule has 2 aromatic heterocycles. The first-order chi connectivity index (χ1) is 10.1. The van der Waals surface area contributed by atoms with E-state index in [0.29, 0.717) is 5.39 Å². The van der Waals surface area contributed by atoms with Crippen LogP contribution in [0.4, 0.5) is 16.1 Å². The molecule has 1 saturated heterocycles. The van der Waals surface area contributed by atoms with E-state index in [4.69, 9.17) is 0 Å². The highest BCUT2D eigenvalue weighted by atomic mass is 19.2. The second kappa shape index (κ2) is 5.16. The SMILES string of the molecule is C=CC(=O)N(F)c1nn(C)c2cc(N3CCCC3)ncc12. The number of aromatic nitrogens is 3. The van der Waals surface area contributed by atoms with Crippen LogP contribution in [0.5, 0.6) is 0 Å². The van der Waals surface area contributed by atoms with E-state index >= 15 is 0 Å². The van der Waals surface area contributed by atoms with Crippen molar-refractivity contribution in [2.24, 2.45) is 7.05 Å². The van der Waals surface area contributed by atoms with Gasteiger partial charge in [0.05, 0.1) is 10.9 Å². The minimum atomic E-state index is -0.849. The summed E-state index contributed by atoms with van der Waals surface area (Å²) in [7, 11) is 1.71. The first-order valence-electron chi connectivity index (χ1n) is 6.82. The fourth-order valence-electron chi connectivity index (χ4n) is 2.57. The van der Waals surface area contributed by atoms with Gasteiger partial charge in [-0.25, -0.2) is 4.98 Å². The number of carbonyl (C=O) groups is 1. The average Bonchev–Trinajstić information content (AvgIpc) is 3.14. The smallest absolute Gasteiger partial charge is 0.280 e. The van der Waals surface area contributed by atoms with Gasteiger partial charge in [-0.1, -0.05) is 11.1 Å². The van der Waals surface area contributed by atoms with Crippen LogP contribution in [-0.2, 0) is 11.8 Å². The van der Waals surface area contributed by atoms with Crippen molar-refractivity contribution in [3.05, 3.63) is 24.9 Å². The Kier molecular flexibility index (Phi) is 3.32. The van der Waals surface area contributed by atoms with Crippen LogP contribution in [0.3, 0.4) is 0 Å². The molecule has 1 amide bonds. The van der Waals surface area contributed by atoms with E-state index in [1.165, 1.54) is 0 Å². The fraction of sp³-hybridized carbons (Fsp3) is 0.357. The highest BCUT2D eigenvalue weighted by Crippen LogP contribution is 2.29. The number of fused-ring (bicyclic) bond motifs is 1. The standard InChI is InChI=1S/C14H16FN5O/c1-3-13(21)20(15)14-10-9-16-12(19-6-4-5-7-19)8-11(10)18(2)17-14/h3,8-9H,1,4-7H2,2H3. The number of amides is 1. The fourth-order valence-corrected chi connectivity index (χ4v) is 2.57. The highest BCUT2D eigenvalue weighted by Gasteiger charge is 2.22. The van der Waals surface area contributed by atoms with Crippen LogP contribution in [0.2, 0.25) is 0 Å². The molecule has 0 radical (unpaired) electrons. The topological polar surface area (TPSA) is 54.3 Å². The number of nitrogens with zero attached hydrogens (tertiary/aromatic N) is 5. The largest absolute Gasteiger partial charge is 0.357 e. The number of carbonyl (C=O) groups excluding carboxylic acids is 1. The molecular formula is C14H16FN5O. The lowest BCUT2D eigenvalue weighted by molar-refractivity contribution is -0.116. The molecule has 1 aliphatic heterocycles. The van der Waals surface area contributed by atoms with Gasteiger partial charge in [-0.2, -0.15) is 5.10 Å². The van der Waals surface area contributed by atoms with E-state index in [-0.39, 0.29) is 10.9 Å². The molecule has 7 heteroatoms. The van der Waals surface area contributed by atoms with Crippen molar-refractivity contribution in [3.63, 3.8) is 0 Å². The Hall–Kier alpha value is -2.44. The van der Waals surface area contributed by atoms with Crippen LogP contribution in [-0.4, -0.2) is 33.8 Å². The molecule has 3 heterocycles. The van der Waals surface area contributed by atoms with Crippen molar-refractivity contribution >= 4 is 28.4 Å². The van der Waals surface area contributed by atoms with Crippen LogP contribution in [0.25, 0.3) is 10.9 Å². The maximum atomic E-state index is 14.0. The van der Waals surface area contributed by atoms with Crippen LogP contribution < -0.4 is 10.0 Å². The molecule has 0 N–H and O–H groups in total. The minimum absolute atomic E-state index is 0.00740. The highest BCUT2D eigenvalue weighted by molar-refractivity contribution is 6.04. The first kappa shape index (κ1) is 13.5. The first-order valence-corrected chi connectivity index (χ1v) is 6.82. The summed E-state index contributed by atoms with van der Waals surface area (Å²) in [4.78, 5) is 18.0. The van der Waals surface area contributed by atoms with Gasteiger partial charge < -0.3 is 4.90 Å². The lowest BCUT2D eigenvalue weighted by Gasteiger charge is -2.16. The van der Waals surface area contributed by atoms with Crippen LogP contribution in [0.1, 0.15) is 12.8 Å². The Morgan fingerprint density at radius 3 is 2.86 bits per heavy atom. The summed E-state index contributed by atoms with van der Waals surface area (Å²) in [5.74, 6) is -0.0495. The Bertz CT molecular complexity index is 705. The maximum Gasteiger partial charge on any atom is 0.280 e. The quantitative estimate of drug-likeness (QED) is 0.640. The summed E-state index contributed by atoms with van der Waals surface area (Å²) in [5.41, 5.74) is 0.737. The summed E-state index contributed by atoms with van der Waals surface area (Å²) < 4.78 is 15.5. The van der Waals surface area contributed by atoms with Gasteiger partial charge in [0.2, 0.25) is 0 Å². The molecule has 0 spiro atoms. The molecule has 110 valence electrons. The molecule has 21 heavy (non-hydrogen) atoms. The van der Waals surface area contributed by atoms with E-state index in [9.17, 15) is 9.28 Å². The molecule has 6 nitrogen and oxygen atoms in total. The summed E-state index contributed by atoms with van der Waals surface area (Å²) in [6.07, 6.45) is 4.78. The number of halogens is 1. The third-order valence-electron chi connectivity index (χ3n) is 3.69. The van der Waals surface area contributed by atoms with E-state index in [2.05, 4.69) is 21.6 Å².